The van der Waals surface area contributed by atoms with Crippen LogP contribution >= 0.6 is 11.3 Å². The van der Waals surface area contributed by atoms with Crippen LogP contribution < -0.4 is 5.73 Å². The van der Waals surface area contributed by atoms with Gasteiger partial charge in [0.05, 0.1) is 6.54 Å². The van der Waals surface area contributed by atoms with Gasteiger partial charge in [0.1, 0.15) is 10.6 Å². The molecule has 1 aliphatic heterocycles. The second kappa shape index (κ2) is 5.92. The first kappa shape index (κ1) is 15.0. The Morgan fingerprint density at radius 1 is 1.30 bits per heavy atom. The maximum atomic E-state index is 11.9. The van der Waals surface area contributed by atoms with Gasteiger partial charge in [-0.1, -0.05) is 11.3 Å². The van der Waals surface area contributed by atoms with Gasteiger partial charge in [-0.2, -0.15) is 0 Å². The molecule has 0 saturated carbocycles. The van der Waals surface area contributed by atoms with E-state index in [0.29, 0.717) is 18.2 Å². The van der Waals surface area contributed by atoms with Crippen LogP contribution in [-0.2, 0) is 11.3 Å². The van der Waals surface area contributed by atoms with E-state index in [0.717, 1.165) is 24.6 Å². The molecule has 2 N–H and O–H groups in total. The summed E-state index contributed by atoms with van der Waals surface area (Å²) in [5, 5.41) is 9.21. The number of aromatic nitrogens is 2. The molecule has 1 fully saturated rings. The van der Waals surface area contributed by atoms with Gasteiger partial charge in [0.25, 0.3) is 0 Å². The third-order valence-electron chi connectivity index (χ3n) is 2.87. The van der Waals surface area contributed by atoms with Gasteiger partial charge in [-0.25, -0.2) is 4.79 Å². The molecule has 1 aromatic rings. The topological polar surface area (TPSA) is 84.6 Å². The lowest BCUT2D eigenvalue weighted by Gasteiger charge is -2.35. The zero-order chi connectivity index (χ0) is 14.8. The highest BCUT2D eigenvalue weighted by Crippen LogP contribution is 2.16. The minimum Gasteiger partial charge on any atom is -0.444 e. The monoisotopic (exact) mass is 299 g/mol. The van der Waals surface area contributed by atoms with Crippen LogP contribution in [0.1, 0.15) is 25.8 Å². The van der Waals surface area contributed by atoms with Crippen LogP contribution in [0.4, 0.5) is 9.93 Å². The molecule has 2 rings (SSSR count). The average Bonchev–Trinajstić information content (AvgIpc) is 2.73. The minimum absolute atomic E-state index is 0.239. The molecule has 0 aromatic carbocycles. The number of carbonyl (C=O) groups is 1. The Morgan fingerprint density at radius 3 is 2.45 bits per heavy atom. The molecular formula is C12H21N5O2S. The molecule has 0 bridgehead atoms. The van der Waals surface area contributed by atoms with Gasteiger partial charge in [-0.05, 0) is 20.8 Å². The Hall–Kier alpha value is -1.41. The number of nitrogens with two attached hydrogens (primary N) is 1. The lowest BCUT2D eigenvalue weighted by atomic mass is 10.2. The first-order chi connectivity index (χ1) is 9.33. The lowest BCUT2D eigenvalue weighted by Crippen LogP contribution is -2.49. The number of carbonyl (C=O) groups excluding carboxylic acids is 1. The smallest absolute Gasteiger partial charge is 0.410 e. The van der Waals surface area contributed by atoms with Gasteiger partial charge in [0.2, 0.25) is 5.13 Å². The third kappa shape index (κ3) is 4.31. The Bertz CT molecular complexity index is 463. The molecule has 1 aliphatic rings. The number of nitrogens with zero attached hydrogens (tertiary/aromatic N) is 4. The van der Waals surface area contributed by atoms with E-state index in [4.69, 9.17) is 10.5 Å². The van der Waals surface area contributed by atoms with Crippen molar-refractivity contribution in [1.82, 2.24) is 20.0 Å². The molecule has 20 heavy (non-hydrogen) atoms. The molecule has 0 unspecified atom stereocenters. The number of rotatable bonds is 2. The summed E-state index contributed by atoms with van der Waals surface area (Å²) in [5.74, 6) is 0. The summed E-state index contributed by atoms with van der Waals surface area (Å²) in [6.07, 6.45) is -0.239. The number of amides is 1. The number of hydrogen-bond donors (Lipinski definition) is 1. The summed E-state index contributed by atoms with van der Waals surface area (Å²) in [7, 11) is 0. The Labute approximate surface area is 122 Å². The molecule has 2 heterocycles. The molecule has 7 nitrogen and oxygen atoms in total. The van der Waals surface area contributed by atoms with Crippen molar-refractivity contribution in [2.75, 3.05) is 31.9 Å². The molecule has 1 amide bonds. The molecule has 112 valence electrons. The SMILES string of the molecule is CC(C)(C)OC(=O)N1CCN(Cc2nnc(N)s2)CC1. The molecular weight excluding hydrogens is 278 g/mol. The summed E-state index contributed by atoms with van der Waals surface area (Å²) in [6.45, 7) is 9.31. The highest BCUT2D eigenvalue weighted by molar-refractivity contribution is 7.15. The summed E-state index contributed by atoms with van der Waals surface area (Å²) >= 11 is 1.41. The van der Waals surface area contributed by atoms with Crippen molar-refractivity contribution in [3.63, 3.8) is 0 Å². The first-order valence-corrected chi connectivity index (χ1v) is 7.43. The molecule has 0 radical (unpaired) electrons. The second-order valence-electron chi connectivity index (χ2n) is 5.78. The van der Waals surface area contributed by atoms with Crippen LogP contribution in [-0.4, -0.2) is 57.9 Å². The van der Waals surface area contributed by atoms with Crippen LogP contribution in [0.3, 0.4) is 0 Å². The van der Waals surface area contributed by atoms with Crippen molar-refractivity contribution in [3.05, 3.63) is 5.01 Å². The normalized spacial score (nSPS) is 17.2. The van der Waals surface area contributed by atoms with Crippen LogP contribution in [0.2, 0.25) is 0 Å². The number of ether oxygens (including phenoxy) is 1. The fourth-order valence-corrected chi connectivity index (χ4v) is 2.59. The van der Waals surface area contributed by atoms with Crippen LogP contribution in [0, 0.1) is 0 Å². The summed E-state index contributed by atoms with van der Waals surface area (Å²) in [4.78, 5) is 15.9. The lowest BCUT2D eigenvalue weighted by molar-refractivity contribution is 0.0139. The highest BCUT2D eigenvalue weighted by atomic mass is 32.1. The van der Waals surface area contributed by atoms with Gasteiger partial charge >= 0.3 is 6.09 Å². The zero-order valence-electron chi connectivity index (χ0n) is 12.1. The number of hydrogen-bond acceptors (Lipinski definition) is 7. The summed E-state index contributed by atoms with van der Waals surface area (Å²) in [6, 6.07) is 0. The third-order valence-corrected chi connectivity index (χ3v) is 3.60. The van der Waals surface area contributed by atoms with Gasteiger partial charge in [-0.3, -0.25) is 4.90 Å². The largest absolute Gasteiger partial charge is 0.444 e. The van der Waals surface area contributed by atoms with Crippen molar-refractivity contribution in [3.8, 4) is 0 Å². The molecule has 0 aliphatic carbocycles. The predicted octanol–water partition coefficient (Wildman–Crippen LogP) is 1.17. The quantitative estimate of drug-likeness (QED) is 0.882. The Kier molecular flexibility index (Phi) is 4.44. The summed E-state index contributed by atoms with van der Waals surface area (Å²) < 4.78 is 5.37. The zero-order valence-corrected chi connectivity index (χ0v) is 12.9. The van der Waals surface area contributed by atoms with E-state index in [1.165, 1.54) is 11.3 Å². The maximum Gasteiger partial charge on any atom is 0.410 e. The van der Waals surface area contributed by atoms with Crippen molar-refractivity contribution in [2.45, 2.75) is 32.9 Å². The number of piperazine rings is 1. The Morgan fingerprint density at radius 2 is 1.95 bits per heavy atom. The molecule has 8 heteroatoms. The molecule has 1 saturated heterocycles. The van der Waals surface area contributed by atoms with Crippen molar-refractivity contribution in [2.24, 2.45) is 0 Å². The van der Waals surface area contributed by atoms with E-state index < -0.39 is 5.60 Å². The van der Waals surface area contributed by atoms with Crippen LogP contribution in [0.15, 0.2) is 0 Å². The van der Waals surface area contributed by atoms with E-state index in [9.17, 15) is 4.79 Å². The van der Waals surface area contributed by atoms with E-state index in [1.807, 2.05) is 20.8 Å². The standard InChI is InChI=1S/C12H21N5O2S/c1-12(2,3)19-11(18)17-6-4-16(5-7-17)8-9-14-15-10(13)20-9/h4-8H2,1-3H3,(H2,13,15). The predicted molar refractivity (Wildman–Crippen MR) is 77.4 cm³/mol. The Balaban J connectivity index is 1.79. The number of anilines is 1. The average molecular weight is 299 g/mol. The first-order valence-electron chi connectivity index (χ1n) is 6.61. The molecule has 0 atom stereocenters. The highest BCUT2D eigenvalue weighted by Gasteiger charge is 2.26. The fraction of sp³-hybridized carbons (Fsp3) is 0.750. The van der Waals surface area contributed by atoms with E-state index in [2.05, 4.69) is 15.1 Å². The maximum absolute atomic E-state index is 11.9. The van der Waals surface area contributed by atoms with E-state index in [-0.39, 0.29) is 6.09 Å². The minimum atomic E-state index is -0.446. The van der Waals surface area contributed by atoms with Crippen molar-refractivity contribution < 1.29 is 9.53 Å². The molecule has 1 aromatic heterocycles. The van der Waals surface area contributed by atoms with E-state index >= 15 is 0 Å². The van der Waals surface area contributed by atoms with Gasteiger partial charge in [0, 0.05) is 26.2 Å². The van der Waals surface area contributed by atoms with Gasteiger partial charge in [-0.15, -0.1) is 10.2 Å². The van der Waals surface area contributed by atoms with Crippen LogP contribution in [0.25, 0.3) is 0 Å². The number of nitrogen functional groups attached to an aromatic ring is 1. The van der Waals surface area contributed by atoms with Gasteiger partial charge in [0.15, 0.2) is 0 Å². The van der Waals surface area contributed by atoms with Crippen molar-refractivity contribution >= 4 is 22.6 Å². The van der Waals surface area contributed by atoms with Crippen LogP contribution in [0.5, 0.6) is 0 Å². The summed E-state index contributed by atoms with van der Waals surface area (Å²) in [5.41, 5.74) is 5.12. The molecule has 0 spiro atoms. The van der Waals surface area contributed by atoms with E-state index in [1.54, 1.807) is 4.90 Å². The second-order valence-corrected chi connectivity index (χ2v) is 6.87. The fourth-order valence-electron chi connectivity index (χ4n) is 1.94. The van der Waals surface area contributed by atoms with Gasteiger partial charge < -0.3 is 15.4 Å². The van der Waals surface area contributed by atoms with Crippen molar-refractivity contribution in [1.29, 1.82) is 0 Å².